The number of nitrogens with zero attached hydrogens (tertiary/aromatic N) is 1. The van der Waals surface area contributed by atoms with Gasteiger partial charge in [0.25, 0.3) is 0 Å². The molecule has 5 nitrogen and oxygen atoms in total. The Hall–Kier alpha value is -2.87. The molecule has 2 aromatic rings. The van der Waals surface area contributed by atoms with Crippen molar-refractivity contribution >= 4 is 29.2 Å². The van der Waals surface area contributed by atoms with Crippen molar-refractivity contribution in [2.24, 2.45) is 0 Å². The average Bonchev–Trinajstić information content (AvgIpc) is 3.02. The Balaban J connectivity index is 1.44. The first kappa shape index (κ1) is 25.7. The number of ketones is 1. The SMILES string of the molecule is O=C(CCC(=O)c1ccc2c(c1)CCN(C(=O)C(F)(F)F)CC2)NCCCc1ccc(Cl)cc1. The first-order valence-electron chi connectivity index (χ1n) is 11.2. The second-order valence-corrected chi connectivity index (χ2v) is 8.71. The number of benzene rings is 2. The first-order valence-corrected chi connectivity index (χ1v) is 11.5. The zero-order valence-electron chi connectivity index (χ0n) is 18.6. The van der Waals surface area contributed by atoms with E-state index in [1.165, 1.54) is 0 Å². The summed E-state index contributed by atoms with van der Waals surface area (Å²) in [6.07, 6.45) is -2.69. The van der Waals surface area contributed by atoms with E-state index in [1.807, 2.05) is 24.3 Å². The fourth-order valence-electron chi connectivity index (χ4n) is 3.91. The summed E-state index contributed by atoms with van der Waals surface area (Å²) in [7, 11) is 0. The predicted molar refractivity (Wildman–Crippen MR) is 123 cm³/mol. The van der Waals surface area contributed by atoms with Gasteiger partial charge < -0.3 is 10.2 Å². The van der Waals surface area contributed by atoms with Crippen molar-refractivity contribution in [2.45, 2.75) is 44.7 Å². The monoisotopic (exact) mass is 494 g/mol. The van der Waals surface area contributed by atoms with E-state index in [-0.39, 0.29) is 44.0 Å². The van der Waals surface area contributed by atoms with E-state index in [2.05, 4.69) is 5.32 Å². The summed E-state index contributed by atoms with van der Waals surface area (Å²) < 4.78 is 38.2. The van der Waals surface area contributed by atoms with Gasteiger partial charge in [0.1, 0.15) is 0 Å². The number of halogens is 4. The normalized spacial score (nSPS) is 13.7. The number of carbonyl (C=O) groups is 3. The lowest BCUT2D eigenvalue weighted by molar-refractivity contribution is -0.185. The highest BCUT2D eigenvalue weighted by Gasteiger charge is 2.42. The Labute approximate surface area is 201 Å². The number of Topliss-reactive ketones (excluding diaryl/α,β-unsaturated/α-hetero) is 1. The molecule has 0 bridgehead atoms. The van der Waals surface area contributed by atoms with Crippen molar-refractivity contribution in [3.63, 3.8) is 0 Å². The van der Waals surface area contributed by atoms with Crippen molar-refractivity contribution in [3.05, 3.63) is 69.7 Å². The minimum absolute atomic E-state index is 0.0170. The standard InChI is InChI=1S/C25H26ClF3N2O3/c26-21-7-3-17(4-8-21)2-1-13-30-23(33)10-9-22(32)20-6-5-18-11-14-31(15-12-19(18)16-20)24(34)25(27,28)29/h3-8,16H,1-2,9-15H2,(H,30,33). The highest BCUT2D eigenvalue weighted by atomic mass is 35.5. The molecule has 2 aromatic carbocycles. The van der Waals surface area contributed by atoms with Gasteiger partial charge in [0.05, 0.1) is 0 Å². The van der Waals surface area contributed by atoms with Crippen molar-refractivity contribution in [1.29, 1.82) is 0 Å². The van der Waals surface area contributed by atoms with E-state index < -0.39 is 12.1 Å². The van der Waals surface area contributed by atoms with Crippen LogP contribution < -0.4 is 5.32 Å². The third kappa shape index (κ3) is 7.32. The number of amides is 2. The van der Waals surface area contributed by atoms with Crippen LogP contribution in [0.2, 0.25) is 5.02 Å². The molecule has 0 unspecified atom stereocenters. The molecule has 0 atom stereocenters. The van der Waals surface area contributed by atoms with Gasteiger partial charge in [-0.05, 0) is 60.6 Å². The van der Waals surface area contributed by atoms with Gasteiger partial charge >= 0.3 is 12.1 Å². The Morgan fingerprint density at radius 3 is 2.29 bits per heavy atom. The van der Waals surface area contributed by atoms with E-state index >= 15 is 0 Å². The molecule has 0 fully saturated rings. The quantitative estimate of drug-likeness (QED) is 0.433. The Bertz CT molecular complexity index is 1040. The Morgan fingerprint density at radius 2 is 1.62 bits per heavy atom. The Kier molecular flexibility index (Phi) is 8.72. The lowest BCUT2D eigenvalue weighted by Gasteiger charge is -2.21. The largest absolute Gasteiger partial charge is 0.471 e. The molecule has 0 spiro atoms. The van der Waals surface area contributed by atoms with E-state index in [1.54, 1.807) is 18.2 Å². The molecule has 34 heavy (non-hydrogen) atoms. The number of fused-ring (bicyclic) bond motifs is 1. The van der Waals surface area contributed by atoms with Gasteiger partial charge in [-0.25, -0.2) is 0 Å². The van der Waals surface area contributed by atoms with Crippen LogP contribution in [-0.4, -0.2) is 48.3 Å². The fraction of sp³-hybridized carbons (Fsp3) is 0.400. The molecule has 2 amide bonds. The van der Waals surface area contributed by atoms with Crippen molar-refractivity contribution in [2.75, 3.05) is 19.6 Å². The fourth-order valence-corrected chi connectivity index (χ4v) is 4.04. The molecule has 0 aromatic heterocycles. The van der Waals surface area contributed by atoms with E-state index in [0.717, 1.165) is 34.4 Å². The van der Waals surface area contributed by atoms with E-state index in [9.17, 15) is 27.6 Å². The minimum Gasteiger partial charge on any atom is -0.356 e. The number of aryl methyl sites for hydroxylation is 1. The van der Waals surface area contributed by atoms with Crippen LogP contribution >= 0.6 is 11.6 Å². The lowest BCUT2D eigenvalue weighted by Crippen LogP contribution is -2.42. The highest BCUT2D eigenvalue weighted by molar-refractivity contribution is 6.30. The molecular formula is C25H26ClF3N2O3. The number of carbonyl (C=O) groups excluding carboxylic acids is 3. The summed E-state index contributed by atoms with van der Waals surface area (Å²) in [5.74, 6) is -2.25. The van der Waals surface area contributed by atoms with Crippen molar-refractivity contribution in [1.82, 2.24) is 10.2 Å². The number of rotatable bonds is 8. The van der Waals surface area contributed by atoms with Crippen LogP contribution in [0, 0.1) is 0 Å². The van der Waals surface area contributed by atoms with Gasteiger partial charge in [0.15, 0.2) is 5.78 Å². The van der Waals surface area contributed by atoms with Crippen molar-refractivity contribution < 1.29 is 27.6 Å². The molecule has 9 heteroatoms. The Morgan fingerprint density at radius 1 is 0.941 bits per heavy atom. The second-order valence-electron chi connectivity index (χ2n) is 8.28. The molecule has 182 valence electrons. The van der Waals surface area contributed by atoms with Crippen LogP contribution in [0.25, 0.3) is 0 Å². The minimum atomic E-state index is -4.89. The smallest absolute Gasteiger partial charge is 0.356 e. The third-order valence-corrected chi connectivity index (χ3v) is 6.07. The number of nitrogens with one attached hydrogen (secondary N) is 1. The first-order chi connectivity index (χ1) is 16.1. The second kappa shape index (κ2) is 11.5. The summed E-state index contributed by atoms with van der Waals surface area (Å²) in [5, 5.41) is 3.49. The molecule has 3 rings (SSSR count). The summed E-state index contributed by atoms with van der Waals surface area (Å²) in [6.45, 7) is 0.430. The maximum atomic E-state index is 12.7. The summed E-state index contributed by atoms with van der Waals surface area (Å²) in [4.78, 5) is 37.0. The van der Waals surface area contributed by atoms with Gasteiger partial charge in [-0.2, -0.15) is 13.2 Å². The number of alkyl halides is 3. The highest BCUT2D eigenvalue weighted by Crippen LogP contribution is 2.23. The van der Waals surface area contributed by atoms with Crippen molar-refractivity contribution in [3.8, 4) is 0 Å². The van der Waals surface area contributed by atoms with Crippen LogP contribution in [0.5, 0.6) is 0 Å². The van der Waals surface area contributed by atoms with Gasteiger partial charge in [0.2, 0.25) is 5.91 Å². The summed E-state index contributed by atoms with van der Waals surface area (Å²) >= 11 is 5.86. The van der Waals surface area contributed by atoms with Gasteiger partial charge in [-0.3, -0.25) is 14.4 Å². The number of hydrogen-bond acceptors (Lipinski definition) is 3. The predicted octanol–water partition coefficient (Wildman–Crippen LogP) is 4.54. The molecule has 0 radical (unpaired) electrons. The van der Waals surface area contributed by atoms with Crippen LogP contribution in [0.15, 0.2) is 42.5 Å². The molecule has 1 heterocycles. The van der Waals surface area contributed by atoms with E-state index in [4.69, 9.17) is 11.6 Å². The maximum Gasteiger partial charge on any atom is 0.471 e. The van der Waals surface area contributed by atoms with Crippen LogP contribution in [0.1, 0.15) is 46.3 Å². The lowest BCUT2D eigenvalue weighted by atomic mass is 9.97. The molecule has 0 saturated heterocycles. The average molecular weight is 495 g/mol. The van der Waals surface area contributed by atoms with Crippen LogP contribution in [0.3, 0.4) is 0 Å². The van der Waals surface area contributed by atoms with E-state index in [0.29, 0.717) is 23.6 Å². The summed E-state index contributed by atoms with van der Waals surface area (Å²) in [5.41, 5.74) is 3.13. The van der Waals surface area contributed by atoms with Crippen LogP contribution in [0.4, 0.5) is 13.2 Å². The molecule has 1 aliphatic heterocycles. The molecule has 1 aliphatic rings. The number of hydrogen-bond donors (Lipinski definition) is 1. The molecule has 1 N–H and O–H groups in total. The van der Waals surface area contributed by atoms with Crippen LogP contribution in [-0.2, 0) is 28.9 Å². The third-order valence-electron chi connectivity index (χ3n) is 5.82. The summed E-state index contributed by atoms with van der Waals surface area (Å²) in [6, 6.07) is 12.5. The van der Waals surface area contributed by atoms with Gasteiger partial charge in [-0.1, -0.05) is 35.9 Å². The van der Waals surface area contributed by atoms with Gasteiger partial charge in [0, 0.05) is 43.1 Å². The zero-order valence-corrected chi connectivity index (χ0v) is 19.3. The topological polar surface area (TPSA) is 66.5 Å². The van der Waals surface area contributed by atoms with Gasteiger partial charge in [-0.15, -0.1) is 0 Å². The maximum absolute atomic E-state index is 12.7. The molecule has 0 aliphatic carbocycles. The molecular weight excluding hydrogens is 469 g/mol. The zero-order chi connectivity index (χ0) is 24.7. The molecule has 0 saturated carbocycles.